The van der Waals surface area contributed by atoms with Gasteiger partial charge in [0.1, 0.15) is 5.69 Å². The van der Waals surface area contributed by atoms with Gasteiger partial charge in [-0.1, -0.05) is 36.4 Å². The fraction of sp³-hybridized carbons (Fsp3) is 0.200. The minimum absolute atomic E-state index is 0.189. The Hall–Kier alpha value is -3.46. The van der Waals surface area contributed by atoms with Crippen LogP contribution in [0.25, 0.3) is 10.6 Å². The van der Waals surface area contributed by atoms with Crippen LogP contribution in [-0.2, 0) is 16.1 Å². The van der Waals surface area contributed by atoms with Gasteiger partial charge in [0.25, 0.3) is 5.91 Å². The number of hydrogen-bond donors (Lipinski definition) is 3. The predicted octanol–water partition coefficient (Wildman–Crippen LogP) is 1.95. The number of carbonyl (C=O) groups excluding carboxylic acids is 3. The molecule has 0 aliphatic carbocycles. The Morgan fingerprint density at radius 3 is 2.45 bits per heavy atom. The molecule has 0 aliphatic heterocycles. The summed E-state index contributed by atoms with van der Waals surface area (Å²) in [6.07, 6.45) is 1.62. The summed E-state index contributed by atoms with van der Waals surface area (Å²) in [5.41, 5.74) is 6.27. The Kier molecular flexibility index (Phi) is 6.40. The number of benzene rings is 1. The molecule has 3 N–H and O–H groups in total. The lowest BCUT2D eigenvalue weighted by atomic mass is 10.2. The van der Waals surface area contributed by atoms with Crippen molar-refractivity contribution in [1.82, 2.24) is 25.9 Å². The molecule has 150 valence electrons. The first kappa shape index (κ1) is 20.3. The normalized spacial score (nSPS) is 10.6. The van der Waals surface area contributed by atoms with Crippen LogP contribution in [-0.4, -0.2) is 33.5 Å². The molecular formula is C20H21N5O3S. The summed E-state index contributed by atoms with van der Waals surface area (Å²) in [7, 11) is 0. The molecule has 2 heterocycles. The molecule has 0 spiro atoms. The Morgan fingerprint density at radius 2 is 1.79 bits per heavy atom. The molecule has 2 aromatic heterocycles. The van der Waals surface area contributed by atoms with Crippen LogP contribution in [0.3, 0.4) is 0 Å². The van der Waals surface area contributed by atoms with E-state index in [1.165, 1.54) is 11.3 Å². The van der Waals surface area contributed by atoms with Gasteiger partial charge in [-0.15, -0.1) is 11.3 Å². The van der Waals surface area contributed by atoms with Crippen molar-refractivity contribution in [3.8, 4) is 10.6 Å². The van der Waals surface area contributed by atoms with Crippen molar-refractivity contribution in [3.05, 3.63) is 65.2 Å². The van der Waals surface area contributed by atoms with Gasteiger partial charge < -0.3 is 5.32 Å². The van der Waals surface area contributed by atoms with E-state index in [4.69, 9.17) is 0 Å². The van der Waals surface area contributed by atoms with Crippen LogP contribution < -0.4 is 16.2 Å². The Morgan fingerprint density at radius 1 is 1.03 bits per heavy atom. The molecule has 0 saturated heterocycles. The summed E-state index contributed by atoms with van der Waals surface area (Å²) in [4.78, 5) is 37.0. The van der Waals surface area contributed by atoms with Gasteiger partial charge in [-0.05, 0) is 30.9 Å². The standard InChI is InChI=1S/C20H21N5O3S/c1-13(2)21-19(27)20(28)23-22-18(26)15-12-25(11-14-7-4-3-5-8-14)24-17(15)16-9-6-10-29-16/h3-10,12-13H,11H2,1-2H3,(H,21,27)(H,22,26)(H,23,28). The number of hydrazine groups is 1. The first-order valence-electron chi connectivity index (χ1n) is 9.00. The van der Waals surface area contributed by atoms with E-state index in [-0.39, 0.29) is 6.04 Å². The van der Waals surface area contributed by atoms with E-state index in [0.717, 1.165) is 10.4 Å². The number of nitrogens with one attached hydrogen (secondary N) is 3. The SMILES string of the molecule is CC(C)NC(=O)C(=O)NNC(=O)c1cn(Cc2ccccc2)nc1-c1cccs1. The molecule has 3 rings (SSSR count). The van der Waals surface area contributed by atoms with E-state index >= 15 is 0 Å². The fourth-order valence-electron chi connectivity index (χ4n) is 2.60. The van der Waals surface area contributed by atoms with Crippen molar-refractivity contribution >= 4 is 29.1 Å². The van der Waals surface area contributed by atoms with Gasteiger partial charge in [-0.2, -0.15) is 5.10 Å². The van der Waals surface area contributed by atoms with Gasteiger partial charge in [-0.25, -0.2) is 0 Å². The maximum absolute atomic E-state index is 12.7. The molecule has 8 nitrogen and oxygen atoms in total. The molecule has 3 aromatic rings. The highest BCUT2D eigenvalue weighted by Crippen LogP contribution is 2.26. The predicted molar refractivity (Wildman–Crippen MR) is 110 cm³/mol. The van der Waals surface area contributed by atoms with E-state index < -0.39 is 17.7 Å². The van der Waals surface area contributed by atoms with Crippen molar-refractivity contribution in [3.63, 3.8) is 0 Å². The number of thiophene rings is 1. The maximum Gasteiger partial charge on any atom is 0.327 e. The summed E-state index contributed by atoms with van der Waals surface area (Å²) in [6.45, 7) is 3.96. The zero-order chi connectivity index (χ0) is 20.8. The topological polar surface area (TPSA) is 105 Å². The highest BCUT2D eigenvalue weighted by molar-refractivity contribution is 7.13. The van der Waals surface area contributed by atoms with Gasteiger partial charge in [0.05, 0.1) is 17.0 Å². The second-order valence-electron chi connectivity index (χ2n) is 6.59. The molecule has 9 heteroatoms. The van der Waals surface area contributed by atoms with E-state index in [9.17, 15) is 14.4 Å². The number of carbonyl (C=O) groups is 3. The molecule has 0 saturated carbocycles. The van der Waals surface area contributed by atoms with Crippen molar-refractivity contribution < 1.29 is 14.4 Å². The third kappa shape index (κ3) is 5.29. The highest BCUT2D eigenvalue weighted by Gasteiger charge is 2.21. The Balaban J connectivity index is 1.77. The molecule has 3 amide bonds. The van der Waals surface area contributed by atoms with E-state index in [2.05, 4.69) is 21.3 Å². The maximum atomic E-state index is 12.7. The first-order chi connectivity index (χ1) is 13.9. The minimum Gasteiger partial charge on any atom is -0.346 e. The van der Waals surface area contributed by atoms with E-state index in [0.29, 0.717) is 17.8 Å². The number of hydrogen-bond acceptors (Lipinski definition) is 5. The minimum atomic E-state index is -0.943. The molecule has 29 heavy (non-hydrogen) atoms. The molecule has 0 unspecified atom stereocenters. The van der Waals surface area contributed by atoms with Crippen LogP contribution in [0, 0.1) is 0 Å². The lowest BCUT2D eigenvalue weighted by molar-refractivity contribution is -0.139. The first-order valence-corrected chi connectivity index (χ1v) is 9.88. The average molecular weight is 411 g/mol. The van der Waals surface area contributed by atoms with Gasteiger partial charge in [0, 0.05) is 12.2 Å². The van der Waals surface area contributed by atoms with Crippen LogP contribution >= 0.6 is 11.3 Å². The van der Waals surface area contributed by atoms with Crippen LogP contribution in [0.4, 0.5) is 0 Å². The van der Waals surface area contributed by atoms with E-state index in [1.54, 1.807) is 24.7 Å². The molecule has 0 atom stereocenters. The van der Waals surface area contributed by atoms with Gasteiger partial charge in [0.15, 0.2) is 0 Å². The molecule has 0 bridgehead atoms. The summed E-state index contributed by atoms with van der Waals surface area (Å²) < 4.78 is 1.67. The van der Waals surface area contributed by atoms with Crippen LogP contribution in [0.1, 0.15) is 29.8 Å². The summed E-state index contributed by atoms with van der Waals surface area (Å²) in [5.74, 6) is -2.32. The van der Waals surface area contributed by atoms with Crippen molar-refractivity contribution in [2.45, 2.75) is 26.4 Å². The summed E-state index contributed by atoms with van der Waals surface area (Å²) >= 11 is 1.46. The van der Waals surface area contributed by atoms with Gasteiger partial charge >= 0.3 is 11.8 Å². The zero-order valence-electron chi connectivity index (χ0n) is 16.0. The largest absolute Gasteiger partial charge is 0.346 e. The third-order valence-electron chi connectivity index (χ3n) is 3.86. The smallest absolute Gasteiger partial charge is 0.327 e. The van der Waals surface area contributed by atoms with Crippen LogP contribution in [0.15, 0.2) is 54.0 Å². The van der Waals surface area contributed by atoms with Crippen molar-refractivity contribution in [2.24, 2.45) is 0 Å². The molecule has 0 aliphatic rings. The number of nitrogens with zero attached hydrogens (tertiary/aromatic N) is 2. The van der Waals surface area contributed by atoms with Gasteiger partial charge in [-0.3, -0.25) is 29.9 Å². The fourth-order valence-corrected chi connectivity index (χ4v) is 3.32. The summed E-state index contributed by atoms with van der Waals surface area (Å²) in [5, 5.41) is 8.89. The molecule has 1 aromatic carbocycles. The second-order valence-corrected chi connectivity index (χ2v) is 7.54. The van der Waals surface area contributed by atoms with Gasteiger partial charge in [0.2, 0.25) is 0 Å². The number of rotatable bonds is 5. The quantitative estimate of drug-likeness (QED) is 0.441. The molecule has 0 radical (unpaired) electrons. The third-order valence-corrected chi connectivity index (χ3v) is 4.74. The van der Waals surface area contributed by atoms with Crippen LogP contribution in [0.2, 0.25) is 0 Å². The Labute approximate surface area is 171 Å². The van der Waals surface area contributed by atoms with Crippen molar-refractivity contribution in [1.29, 1.82) is 0 Å². The number of amides is 3. The average Bonchev–Trinajstić information content (AvgIpc) is 3.35. The second kappa shape index (κ2) is 9.16. The number of aromatic nitrogens is 2. The monoisotopic (exact) mass is 411 g/mol. The van der Waals surface area contributed by atoms with Crippen molar-refractivity contribution in [2.75, 3.05) is 0 Å². The molecular weight excluding hydrogens is 390 g/mol. The molecule has 0 fully saturated rings. The van der Waals surface area contributed by atoms with E-state index in [1.807, 2.05) is 47.8 Å². The van der Waals surface area contributed by atoms with Crippen LogP contribution in [0.5, 0.6) is 0 Å². The lowest BCUT2D eigenvalue weighted by Gasteiger charge is -2.09. The lowest BCUT2D eigenvalue weighted by Crippen LogP contribution is -2.49. The Bertz CT molecular complexity index is 997. The zero-order valence-corrected chi connectivity index (χ0v) is 16.8. The highest BCUT2D eigenvalue weighted by atomic mass is 32.1. The summed E-state index contributed by atoms with van der Waals surface area (Å²) in [6, 6.07) is 13.3.